The molecule has 1 amide bonds. The number of rotatable bonds is 4. The number of hydrogen-bond donors (Lipinski definition) is 2. The minimum Gasteiger partial charge on any atom is -0.444 e. The number of amides is 1. The Hall–Kier alpha value is -1.76. The monoisotopic (exact) mass is 332 g/mol. The van der Waals surface area contributed by atoms with Gasteiger partial charge in [-0.15, -0.1) is 0 Å². The molecule has 23 heavy (non-hydrogen) atoms. The lowest BCUT2D eigenvalue weighted by Crippen LogP contribution is -2.45. The molecule has 0 aliphatic carbocycles. The van der Waals surface area contributed by atoms with E-state index in [1.165, 1.54) is 12.1 Å². The third kappa shape index (κ3) is 6.09. The highest BCUT2D eigenvalue weighted by Crippen LogP contribution is 2.30. The first-order chi connectivity index (χ1) is 10.4. The lowest BCUT2D eigenvalue weighted by atomic mass is 9.92. The van der Waals surface area contributed by atoms with E-state index in [2.05, 4.69) is 5.32 Å². The number of alkyl carbamates (subject to hydrolysis) is 1. The molecule has 2 unspecified atom stereocenters. The highest BCUT2D eigenvalue weighted by molar-refractivity contribution is 5.68. The van der Waals surface area contributed by atoms with Crippen molar-refractivity contribution in [2.45, 2.75) is 51.4 Å². The van der Waals surface area contributed by atoms with E-state index in [0.29, 0.717) is 5.56 Å². The summed E-state index contributed by atoms with van der Waals surface area (Å²) < 4.78 is 42.9. The summed E-state index contributed by atoms with van der Waals surface area (Å²) in [4.78, 5) is 11.8. The molecule has 0 fully saturated rings. The van der Waals surface area contributed by atoms with Crippen LogP contribution in [0.15, 0.2) is 24.3 Å². The van der Waals surface area contributed by atoms with Crippen molar-refractivity contribution >= 4 is 6.09 Å². The third-order valence-corrected chi connectivity index (χ3v) is 3.32. The van der Waals surface area contributed by atoms with Crippen LogP contribution in [0.2, 0.25) is 0 Å². The van der Waals surface area contributed by atoms with Gasteiger partial charge < -0.3 is 15.8 Å². The van der Waals surface area contributed by atoms with Crippen molar-refractivity contribution < 1.29 is 22.7 Å². The number of hydrogen-bond acceptors (Lipinski definition) is 3. The highest BCUT2D eigenvalue weighted by Gasteiger charge is 2.30. The van der Waals surface area contributed by atoms with Gasteiger partial charge in [0.15, 0.2) is 0 Å². The second-order valence-corrected chi connectivity index (χ2v) is 6.40. The average Bonchev–Trinajstić information content (AvgIpc) is 2.41. The summed E-state index contributed by atoms with van der Waals surface area (Å²) in [5, 5.41) is 2.66. The molecule has 0 aromatic heterocycles. The first-order valence-corrected chi connectivity index (χ1v) is 7.31. The summed E-state index contributed by atoms with van der Waals surface area (Å²) in [6, 6.07) is 4.39. The molecule has 130 valence electrons. The van der Waals surface area contributed by atoms with Crippen molar-refractivity contribution in [2.75, 3.05) is 6.54 Å². The Morgan fingerprint density at radius 2 is 1.74 bits per heavy atom. The molecule has 4 nitrogen and oxygen atoms in total. The van der Waals surface area contributed by atoms with E-state index in [1.807, 2.05) is 0 Å². The van der Waals surface area contributed by atoms with Gasteiger partial charge in [0.2, 0.25) is 0 Å². The molecular formula is C16H23F3N2O2. The molecule has 0 bridgehead atoms. The quantitative estimate of drug-likeness (QED) is 0.884. The fourth-order valence-electron chi connectivity index (χ4n) is 2.05. The average molecular weight is 332 g/mol. The Labute approximate surface area is 134 Å². The lowest BCUT2D eigenvalue weighted by Gasteiger charge is -2.27. The molecule has 0 heterocycles. The van der Waals surface area contributed by atoms with Gasteiger partial charge in [-0.05, 0) is 38.5 Å². The summed E-state index contributed by atoms with van der Waals surface area (Å²) in [5.41, 5.74) is 4.98. The molecule has 0 saturated heterocycles. The van der Waals surface area contributed by atoms with Gasteiger partial charge in [-0.3, -0.25) is 0 Å². The summed E-state index contributed by atoms with van der Waals surface area (Å²) in [6.07, 6.45) is -4.98. The fraction of sp³-hybridized carbons (Fsp3) is 0.562. The van der Waals surface area contributed by atoms with Crippen molar-refractivity contribution in [3.05, 3.63) is 35.4 Å². The van der Waals surface area contributed by atoms with Crippen molar-refractivity contribution in [1.82, 2.24) is 5.32 Å². The Kier molecular flexibility index (Phi) is 6.04. The van der Waals surface area contributed by atoms with Crippen molar-refractivity contribution in [3.8, 4) is 0 Å². The van der Waals surface area contributed by atoms with Crippen molar-refractivity contribution in [2.24, 2.45) is 5.73 Å². The molecule has 1 rings (SSSR count). The summed E-state index contributed by atoms with van der Waals surface area (Å²) in [5.74, 6) is -0.255. The minimum atomic E-state index is -4.37. The molecule has 1 aromatic carbocycles. The SMILES string of the molecule is CC(c1ccc(C(F)(F)F)cc1)C(CN)NC(=O)OC(C)(C)C. The standard InChI is InChI=1S/C16H23F3N2O2/c1-10(11-5-7-12(8-6-11)16(17,18)19)13(9-20)21-14(22)23-15(2,3)4/h5-8,10,13H,9,20H2,1-4H3,(H,21,22). The highest BCUT2D eigenvalue weighted by atomic mass is 19.4. The summed E-state index contributed by atoms with van der Waals surface area (Å²) in [6.45, 7) is 7.15. The number of alkyl halides is 3. The van der Waals surface area contributed by atoms with Gasteiger partial charge in [0.1, 0.15) is 5.60 Å². The van der Waals surface area contributed by atoms with E-state index in [-0.39, 0.29) is 12.5 Å². The van der Waals surface area contributed by atoms with Crippen LogP contribution in [0, 0.1) is 0 Å². The van der Waals surface area contributed by atoms with Gasteiger partial charge in [-0.1, -0.05) is 19.1 Å². The predicted molar refractivity (Wildman–Crippen MR) is 82.1 cm³/mol. The van der Waals surface area contributed by atoms with E-state index < -0.39 is 29.5 Å². The molecule has 7 heteroatoms. The largest absolute Gasteiger partial charge is 0.444 e. The minimum absolute atomic E-state index is 0.140. The molecule has 0 saturated carbocycles. The zero-order valence-electron chi connectivity index (χ0n) is 13.7. The van der Waals surface area contributed by atoms with E-state index in [1.54, 1.807) is 27.7 Å². The topological polar surface area (TPSA) is 64.3 Å². The van der Waals surface area contributed by atoms with Crippen LogP contribution in [0.5, 0.6) is 0 Å². The van der Waals surface area contributed by atoms with Crippen LogP contribution in [-0.4, -0.2) is 24.3 Å². The maximum atomic E-state index is 12.6. The van der Waals surface area contributed by atoms with Gasteiger partial charge >= 0.3 is 12.3 Å². The Morgan fingerprint density at radius 1 is 1.22 bits per heavy atom. The van der Waals surface area contributed by atoms with Gasteiger partial charge in [-0.25, -0.2) is 4.79 Å². The Balaban J connectivity index is 2.80. The first kappa shape index (κ1) is 19.3. The predicted octanol–water partition coefficient (Wildman–Crippen LogP) is 3.66. The first-order valence-electron chi connectivity index (χ1n) is 7.31. The van der Waals surface area contributed by atoms with E-state index >= 15 is 0 Å². The number of carbonyl (C=O) groups excluding carboxylic acids is 1. The molecule has 3 N–H and O–H groups in total. The maximum absolute atomic E-state index is 12.6. The number of benzene rings is 1. The summed E-state index contributed by atoms with van der Waals surface area (Å²) in [7, 11) is 0. The van der Waals surface area contributed by atoms with Crippen molar-refractivity contribution in [3.63, 3.8) is 0 Å². The molecule has 0 spiro atoms. The van der Waals surface area contributed by atoms with Crippen LogP contribution < -0.4 is 11.1 Å². The fourth-order valence-corrected chi connectivity index (χ4v) is 2.05. The van der Waals surface area contributed by atoms with Gasteiger partial charge in [0, 0.05) is 12.5 Å². The van der Waals surface area contributed by atoms with Gasteiger partial charge in [0.05, 0.1) is 11.6 Å². The van der Waals surface area contributed by atoms with Crippen molar-refractivity contribution in [1.29, 1.82) is 0 Å². The van der Waals surface area contributed by atoms with Crippen LogP contribution in [0.3, 0.4) is 0 Å². The van der Waals surface area contributed by atoms with E-state index in [4.69, 9.17) is 10.5 Å². The number of nitrogens with one attached hydrogen (secondary N) is 1. The number of nitrogens with two attached hydrogens (primary N) is 1. The molecule has 2 atom stereocenters. The van der Waals surface area contributed by atoms with Gasteiger partial charge in [-0.2, -0.15) is 13.2 Å². The third-order valence-electron chi connectivity index (χ3n) is 3.32. The molecule has 0 aliphatic rings. The van der Waals surface area contributed by atoms with Crippen LogP contribution >= 0.6 is 0 Å². The molecular weight excluding hydrogens is 309 g/mol. The number of halogens is 3. The van der Waals surface area contributed by atoms with Crippen LogP contribution in [-0.2, 0) is 10.9 Å². The Morgan fingerprint density at radius 3 is 2.13 bits per heavy atom. The smallest absolute Gasteiger partial charge is 0.416 e. The van der Waals surface area contributed by atoms with E-state index in [0.717, 1.165) is 12.1 Å². The maximum Gasteiger partial charge on any atom is 0.416 e. The molecule has 0 aliphatic heterocycles. The second-order valence-electron chi connectivity index (χ2n) is 6.40. The lowest BCUT2D eigenvalue weighted by molar-refractivity contribution is -0.137. The molecule has 0 radical (unpaired) electrons. The van der Waals surface area contributed by atoms with E-state index in [9.17, 15) is 18.0 Å². The normalized spacial score (nSPS) is 15.0. The zero-order chi connectivity index (χ0) is 17.8. The number of carbonyl (C=O) groups is 1. The zero-order valence-corrected chi connectivity index (χ0v) is 13.7. The molecule has 1 aromatic rings. The van der Waals surface area contributed by atoms with Crippen LogP contribution in [0.1, 0.15) is 44.7 Å². The Bertz CT molecular complexity index is 522. The van der Waals surface area contributed by atoms with Crippen LogP contribution in [0.25, 0.3) is 0 Å². The van der Waals surface area contributed by atoms with Crippen LogP contribution in [0.4, 0.5) is 18.0 Å². The van der Waals surface area contributed by atoms with Gasteiger partial charge in [0.25, 0.3) is 0 Å². The number of ether oxygens (including phenoxy) is 1. The second kappa shape index (κ2) is 7.21. The summed E-state index contributed by atoms with van der Waals surface area (Å²) >= 11 is 0.